The van der Waals surface area contributed by atoms with Crippen LogP contribution in [0.3, 0.4) is 0 Å². The fraction of sp³-hybridized carbons (Fsp3) is 0.750. The highest BCUT2D eigenvalue weighted by atomic mass is 16.5. The van der Waals surface area contributed by atoms with Crippen LogP contribution < -0.4 is 0 Å². The van der Waals surface area contributed by atoms with Crippen LogP contribution in [0, 0.1) is 0 Å². The molecule has 1 N–H and O–H groups in total. The molecule has 0 radical (unpaired) electrons. The molecule has 0 aliphatic heterocycles. The molecule has 0 atom stereocenters. The van der Waals surface area contributed by atoms with E-state index in [1.807, 2.05) is 0 Å². The van der Waals surface area contributed by atoms with Gasteiger partial charge in [0.2, 0.25) is 5.91 Å². The Balaban J connectivity index is 3.34. The van der Waals surface area contributed by atoms with Crippen molar-refractivity contribution in [1.29, 1.82) is 0 Å². The average Bonchev–Trinajstić information content (AvgIpc) is 1.65. The molecule has 0 aliphatic carbocycles. The Kier molecular flexibility index (Phi) is 2.37. The van der Waals surface area contributed by atoms with Crippen LogP contribution in [-0.4, -0.2) is 22.7 Å². The van der Waals surface area contributed by atoms with Gasteiger partial charge in [0.05, 0.1) is 0 Å². The molecular formula is C4H9NO2. The van der Waals surface area contributed by atoms with Gasteiger partial charge in [-0.15, -0.1) is 0 Å². The molecule has 0 aliphatic rings. The van der Waals surface area contributed by atoms with Crippen LogP contribution >= 0.6 is 0 Å². The summed E-state index contributed by atoms with van der Waals surface area (Å²) in [5.74, 6) is -0.317. The number of hydroxylamine groups is 2. The summed E-state index contributed by atoms with van der Waals surface area (Å²) >= 11 is 0. The van der Waals surface area contributed by atoms with Crippen molar-refractivity contribution in [2.75, 3.05) is 6.54 Å². The summed E-state index contributed by atoms with van der Waals surface area (Å²) in [6.45, 7) is 3.36. The topological polar surface area (TPSA) is 40.5 Å². The van der Waals surface area contributed by atoms with E-state index in [-0.39, 0.29) is 5.91 Å². The van der Waals surface area contributed by atoms with Crippen molar-refractivity contribution in [3.05, 3.63) is 0 Å². The second kappa shape index (κ2) is 2.58. The molecule has 1 amide bonds. The van der Waals surface area contributed by atoms with E-state index in [0.717, 1.165) is 0 Å². The van der Waals surface area contributed by atoms with Gasteiger partial charge in [0.25, 0.3) is 0 Å². The molecule has 0 saturated carbocycles. The van der Waals surface area contributed by atoms with Gasteiger partial charge in [-0.25, -0.2) is 5.06 Å². The van der Waals surface area contributed by atoms with Gasteiger partial charge in [0.15, 0.2) is 0 Å². The lowest BCUT2D eigenvalue weighted by Gasteiger charge is -2.06. The monoisotopic (exact) mass is 103 g/mol. The highest BCUT2D eigenvalue weighted by Crippen LogP contribution is 1.77. The first-order chi connectivity index (χ1) is 3.18. The molecule has 0 bridgehead atoms. The Morgan fingerprint density at radius 3 is 2.29 bits per heavy atom. The molecular weight excluding hydrogens is 94.0 g/mol. The lowest BCUT2D eigenvalue weighted by Crippen LogP contribution is -2.23. The molecule has 0 heterocycles. The number of hydrogen-bond donors (Lipinski definition) is 1. The van der Waals surface area contributed by atoms with Crippen LogP contribution in [0.2, 0.25) is 0 Å². The van der Waals surface area contributed by atoms with Gasteiger partial charge in [-0.2, -0.15) is 0 Å². The third-order valence-corrected chi connectivity index (χ3v) is 0.663. The molecule has 0 aromatic rings. The van der Waals surface area contributed by atoms with Crippen LogP contribution in [-0.2, 0) is 4.79 Å². The van der Waals surface area contributed by atoms with Crippen LogP contribution in [0.4, 0.5) is 0 Å². The second-order valence-corrected chi connectivity index (χ2v) is 1.23. The van der Waals surface area contributed by atoms with E-state index in [9.17, 15) is 4.79 Å². The third-order valence-electron chi connectivity index (χ3n) is 0.663. The lowest BCUT2D eigenvalue weighted by molar-refractivity contribution is -0.161. The Hall–Kier alpha value is -0.570. The van der Waals surface area contributed by atoms with E-state index < -0.39 is 0 Å². The Labute approximate surface area is 42.5 Å². The van der Waals surface area contributed by atoms with E-state index in [4.69, 9.17) is 5.21 Å². The summed E-state index contributed by atoms with van der Waals surface area (Å²) in [4.78, 5) is 10.1. The molecule has 0 spiro atoms. The minimum absolute atomic E-state index is 0.317. The minimum atomic E-state index is -0.317. The second-order valence-electron chi connectivity index (χ2n) is 1.23. The Morgan fingerprint density at radius 1 is 1.86 bits per heavy atom. The van der Waals surface area contributed by atoms with Gasteiger partial charge in [-0.1, -0.05) is 0 Å². The van der Waals surface area contributed by atoms with Crippen molar-refractivity contribution in [2.45, 2.75) is 13.8 Å². The van der Waals surface area contributed by atoms with Gasteiger partial charge in [-0.05, 0) is 6.92 Å². The van der Waals surface area contributed by atoms with Crippen LogP contribution in [0.5, 0.6) is 0 Å². The van der Waals surface area contributed by atoms with E-state index in [1.165, 1.54) is 6.92 Å². The summed E-state index contributed by atoms with van der Waals surface area (Å²) in [6.07, 6.45) is 0. The van der Waals surface area contributed by atoms with Crippen molar-refractivity contribution >= 4 is 5.91 Å². The maximum absolute atomic E-state index is 10.1. The van der Waals surface area contributed by atoms with Crippen LogP contribution in [0.25, 0.3) is 0 Å². The number of carbonyl (C=O) groups excluding carboxylic acids is 1. The Bertz CT molecular complexity index is 72.1. The summed E-state index contributed by atoms with van der Waals surface area (Å²) in [7, 11) is 0. The lowest BCUT2D eigenvalue weighted by atomic mass is 10.6. The van der Waals surface area contributed by atoms with E-state index >= 15 is 0 Å². The summed E-state index contributed by atoms with van der Waals surface area (Å²) in [6, 6.07) is 0. The van der Waals surface area contributed by atoms with Crippen molar-refractivity contribution in [2.24, 2.45) is 0 Å². The number of nitrogens with zero attached hydrogens (tertiary/aromatic N) is 1. The van der Waals surface area contributed by atoms with Crippen molar-refractivity contribution in [1.82, 2.24) is 5.06 Å². The van der Waals surface area contributed by atoms with E-state index in [1.54, 1.807) is 6.92 Å². The number of amides is 1. The molecule has 42 valence electrons. The molecule has 0 unspecified atom stereocenters. The zero-order valence-electron chi connectivity index (χ0n) is 4.51. The van der Waals surface area contributed by atoms with Gasteiger partial charge in [0, 0.05) is 13.5 Å². The average molecular weight is 103 g/mol. The predicted molar refractivity (Wildman–Crippen MR) is 24.8 cm³/mol. The molecule has 3 nitrogen and oxygen atoms in total. The van der Waals surface area contributed by atoms with Gasteiger partial charge < -0.3 is 0 Å². The fourth-order valence-electron chi connectivity index (χ4n) is 0.223. The van der Waals surface area contributed by atoms with E-state index in [0.29, 0.717) is 11.6 Å². The van der Waals surface area contributed by atoms with Gasteiger partial charge in [-0.3, -0.25) is 10.0 Å². The number of carbonyl (C=O) groups is 1. The smallest absolute Gasteiger partial charge is 0.242 e. The maximum atomic E-state index is 10.1. The summed E-state index contributed by atoms with van der Waals surface area (Å²) < 4.78 is 0. The highest BCUT2D eigenvalue weighted by molar-refractivity contribution is 5.71. The largest absolute Gasteiger partial charge is 0.286 e. The molecule has 0 rings (SSSR count). The first kappa shape index (κ1) is 6.43. The number of rotatable bonds is 1. The van der Waals surface area contributed by atoms with Crippen molar-refractivity contribution in [3.8, 4) is 0 Å². The minimum Gasteiger partial charge on any atom is -0.286 e. The van der Waals surface area contributed by atoms with Crippen molar-refractivity contribution in [3.63, 3.8) is 0 Å². The molecule has 3 heteroatoms. The number of hydrogen-bond acceptors (Lipinski definition) is 2. The quantitative estimate of drug-likeness (QED) is 0.381. The van der Waals surface area contributed by atoms with Crippen LogP contribution in [0.1, 0.15) is 13.8 Å². The van der Waals surface area contributed by atoms with Gasteiger partial charge in [0.1, 0.15) is 0 Å². The zero-order valence-corrected chi connectivity index (χ0v) is 4.51. The normalized spacial score (nSPS) is 8.43. The Morgan fingerprint density at radius 2 is 2.29 bits per heavy atom. The first-order valence-corrected chi connectivity index (χ1v) is 2.15. The molecule has 7 heavy (non-hydrogen) atoms. The molecule has 0 aromatic heterocycles. The van der Waals surface area contributed by atoms with Crippen LogP contribution in [0.15, 0.2) is 0 Å². The third kappa shape index (κ3) is 2.17. The molecule has 0 aromatic carbocycles. The first-order valence-electron chi connectivity index (χ1n) is 2.15. The standard InChI is InChI=1S/C4H9NO2/c1-3-5(7)4(2)6/h7H,3H2,1-2H3. The summed E-state index contributed by atoms with van der Waals surface area (Å²) in [5.41, 5.74) is 0. The molecule has 0 fully saturated rings. The predicted octanol–water partition coefficient (Wildman–Crippen LogP) is 0.244. The van der Waals surface area contributed by atoms with Crippen molar-refractivity contribution < 1.29 is 10.0 Å². The maximum Gasteiger partial charge on any atom is 0.242 e. The molecule has 0 saturated heterocycles. The fourth-order valence-corrected chi connectivity index (χ4v) is 0.223. The SMILES string of the molecule is CCN(O)C(C)=O. The zero-order chi connectivity index (χ0) is 5.86. The van der Waals surface area contributed by atoms with E-state index in [2.05, 4.69) is 0 Å². The van der Waals surface area contributed by atoms with Gasteiger partial charge >= 0.3 is 0 Å². The highest BCUT2D eigenvalue weighted by Gasteiger charge is 1.96. The summed E-state index contributed by atoms with van der Waals surface area (Å²) in [5, 5.41) is 9.07.